The normalized spacial score (nSPS) is 10.2. The summed E-state index contributed by atoms with van der Waals surface area (Å²) < 4.78 is 0. The lowest BCUT2D eigenvalue weighted by molar-refractivity contribution is 0.102. The van der Waals surface area contributed by atoms with Crippen LogP contribution in [0.4, 0.5) is 5.13 Å². The highest BCUT2D eigenvalue weighted by Gasteiger charge is 2.11. The summed E-state index contributed by atoms with van der Waals surface area (Å²) in [5.41, 5.74) is 1.43. The summed E-state index contributed by atoms with van der Waals surface area (Å²) >= 11 is 1.49. The molecule has 4 nitrogen and oxygen atoms in total. The van der Waals surface area contributed by atoms with Gasteiger partial charge in [0.05, 0.1) is 5.69 Å². The minimum Gasteiger partial charge on any atom is -0.296 e. The van der Waals surface area contributed by atoms with Crippen LogP contribution in [-0.4, -0.2) is 15.9 Å². The van der Waals surface area contributed by atoms with Gasteiger partial charge in [0.1, 0.15) is 5.69 Å². The number of thiazole rings is 1. The zero-order valence-electron chi connectivity index (χ0n) is 9.73. The van der Waals surface area contributed by atoms with Crippen molar-refractivity contribution in [2.45, 2.75) is 20.3 Å². The Morgan fingerprint density at radius 3 is 2.88 bits per heavy atom. The molecule has 2 aromatic heterocycles. The van der Waals surface area contributed by atoms with Crippen LogP contribution < -0.4 is 5.32 Å². The molecule has 5 heteroatoms. The fourth-order valence-electron chi connectivity index (χ4n) is 1.47. The molecule has 0 unspecified atom stereocenters. The minimum absolute atomic E-state index is 0.220. The Labute approximate surface area is 104 Å². The molecule has 88 valence electrons. The number of amides is 1. The number of aromatic nitrogens is 2. The van der Waals surface area contributed by atoms with E-state index >= 15 is 0 Å². The van der Waals surface area contributed by atoms with Crippen molar-refractivity contribution in [3.8, 4) is 0 Å². The Morgan fingerprint density at radius 2 is 2.29 bits per heavy atom. The number of carbonyl (C=O) groups is 1. The summed E-state index contributed by atoms with van der Waals surface area (Å²) in [5.74, 6) is -0.220. The number of nitrogens with one attached hydrogen (secondary N) is 1. The lowest BCUT2D eigenvalue weighted by Gasteiger charge is -1.99. The van der Waals surface area contributed by atoms with Gasteiger partial charge < -0.3 is 0 Å². The van der Waals surface area contributed by atoms with Crippen molar-refractivity contribution in [2.75, 3.05) is 5.32 Å². The van der Waals surface area contributed by atoms with Gasteiger partial charge in [-0.2, -0.15) is 0 Å². The van der Waals surface area contributed by atoms with Crippen LogP contribution in [0.2, 0.25) is 0 Å². The predicted octanol–water partition coefficient (Wildman–Crippen LogP) is 2.66. The monoisotopic (exact) mass is 247 g/mol. The van der Waals surface area contributed by atoms with Crippen molar-refractivity contribution in [2.24, 2.45) is 0 Å². The molecule has 0 saturated carbocycles. The molecule has 2 heterocycles. The average Bonchev–Trinajstić information content (AvgIpc) is 2.70. The molecule has 0 aliphatic heterocycles. The van der Waals surface area contributed by atoms with Gasteiger partial charge in [-0.15, -0.1) is 11.3 Å². The quantitative estimate of drug-likeness (QED) is 0.907. The van der Waals surface area contributed by atoms with Gasteiger partial charge in [-0.25, -0.2) is 4.98 Å². The van der Waals surface area contributed by atoms with E-state index in [1.807, 2.05) is 13.8 Å². The highest BCUT2D eigenvalue weighted by atomic mass is 32.1. The second kappa shape index (κ2) is 5.05. The summed E-state index contributed by atoms with van der Waals surface area (Å²) in [6.07, 6.45) is 2.47. The molecule has 0 aliphatic rings. The molecule has 0 bridgehead atoms. The van der Waals surface area contributed by atoms with Crippen LogP contribution in [0.5, 0.6) is 0 Å². The van der Waals surface area contributed by atoms with Crippen LogP contribution in [-0.2, 0) is 6.42 Å². The van der Waals surface area contributed by atoms with Gasteiger partial charge in [0.15, 0.2) is 5.13 Å². The molecule has 0 atom stereocenters. The molecule has 1 amide bonds. The third kappa shape index (κ3) is 2.68. The smallest absolute Gasteiger partial charge is 0.276 e. The first-order chi connectivity index (χ1) is 8.20. The van der Waals surface area contributed by atoms with Crippen LogP contribution in [0.3, 0.4) is 0 Å². The molecule has 0 fully saturated rings. The predicted molar refractivity (Wildman–Crippen MR) is 68.4 cm³/mol. The highest BCUT2D eigenvalue weighted by molar-refractivity contribution is 7.15. The Kier molecular flexibility index (Phi) is 3.49. The van der Waals surface area contributed by atoms with E-state index in [0.29, 0.717) is 10.8 Å². The van der Waals surface area contributed by atoms with E-state index in [-0.39, 0.29) is 5.91 Å². The van der Waals surface area contributed by atoms with E-state index in [1.165, 1.54) is 11.3 Å². The van der Waals surface area contributed by atoms with Gasteiger partial charge in [-0.05, 0) is 25.5 Å². The molecule has 2 rings (SSSR count). The number of anilines is 1. The summed E-state index contributed by atoms with van der Waals surface area (Å²) in [5, 5.41) is 3.39. The third-order valence-corrected chi connectivity index (χ3v) is 3.27. The second-order valence-electron chi connectivity index (χ2n) is 3.54. The molecule has 17 heavy (non-hydrogen) atoms. The Bertz CT molecular complexity index is 522. The van der Waals surface area contributed by atoms with Crippen molar-refractivity contribution < 1.29 is 4.79 Å². The lowest BCUT2D eigenvalue weighted by atomic mass is 10.3. The van der Waals surface area contributed by atoms with Crippen LogP contribution in [0, 0.1) is 6.92 Å². The maximum absolute atomic E-state index is 11.8. The zero-order valence-corrected chi connectivity index (χ0v) is 10.5. The van der Waals surface area contributed by atoms with Gasteiger partial charge in [-0.1, -0.05) is 13.0 Å². The van der Waals surface area contributed by atoms with Gasteiger partial charge in [-0.3, -0.25) is 15.1 Å². The number of nitrogens with zero attached hydrogens (tertiary/aromatic N) is 2. The van der Waals surface area contributed by atoms with Crippen LogP contribution in [0.1, 0.15) is 28.0 Å². The van der Waals surface area contributed by atoms with Crippen molar-refractivity contribution in [1.82, 2.24) is 9.97 Å². The Hall–Kier alpha value is -1.75. The van der Waals surface area contributed by atoms with Crippen LogP contribution in [0.15, 0.2) is 24.4 Å². The molecule has 2 aromatic rings. The summed E-state index contributed by atoms with van der Waals surface area (Å²) in [6, 6.07) is 5.24. The Morgan fingerprint density at radius 1 is 1.47 bits per heavy atom. The van der Waals surface area contributed by atoms with Gasteiger partial charge >= 0.3 is 0 Å². The molecule has 0 aromatic carbocycles. The lowest BCUT2D eigenvalue weighted by Crippen LogP contribution is -2.13. The van der Waals surface area contributed by atoms with Crippen molar-refractivity contribution in [3.05, 3.63) is 40.7 Å². The average molecular weight is 247 g/mol. The van der Waals surface area contributed by atoms with Crippen molar-refractivity contribution >= 4 is 22.4 Å². The van der Waals surface area contributed by atoms with Crippen LogP contribution >= 0.6 is 11.3 Å². The molecular formula is C12H13N3OS. The molecule has 1 N–H and O–H groups in total. The van der Waals surface area contributed by atoms with Crippen LogP contribution in [0.25, 0.3) is 0 Å². The number of hydrogen-bond donors (Lipinski definition) is 1. The number of rotatable bonds is 3. The van der Waals surface area contributed by atoms with Crippen molar-refractivity contribution in [1.29, 1.82) is 0 Å². The SMILES string of the molecule is CCc1nc(NC(=O)c2ccccn2)sc1C. The number of pyridine rings is 1. The van der Waals surface area contributed by atoms with Crippen molar-refractivity contribution in [3.63, 3.8) is 0 Å². The van der Waals surface area contributed by atoms with Gasteiger partial charge in [0.25, 0.3) is 5.91 Å². The molecule has 0 saturated heterocycles. The Balaban J connectivity index is 2.13. The zero-order chi connectivity index (χ0) is 12.3. The number of aryl methyl sites for hydroxylation is 2. The topological polar surface area (TPSA) is 54.9 Å². The largest absolute Gasteiger partial charge is 0.296 e. The highest BCUT2D eigenvalue weighted by Crippen LogP contribution is 2.22. The molecular weight excluding hydrogens is 234 g/mol. The minimum atomic E-state index is -0.220. The van der Waals surface area contributed by atoms with E-state index in [2.05, 4.69) is 15.3 Å². The molecule has 0 radical (unpaired) electrons. The van der Waals surface area contributed by atoms with Gasteiger partial charge in [0, 0.05) is 11.1 Å². The maximum atomic E-state index is 11.8. The molecule has 0 aliphatic carbocycles. The molecule has 0 spiro atoms. The van der Waals surface area contributed by atoms with E-state index < -0.39 is 0 Å². The first-order valence-corrected chi connectivity index (χ1v) is 6.21. The second-order valence-corrected chi connectivity index (χ2v) is 4.75. The summed E-state index contributed by atoms with van der Waals surface area (Å²) in [4.78, 5) is 21.3. The number of hydrogen-bond acceptors (Lipinski definition) is 4. The van der Waals surface area contributed by atoms with E-state index in [9.17, 15) is 4.79 Å². The van der Waals surface area contributed by atoms with E-state index in [4.69, 9.17) is 0 Å². The summed E-state index contributed by atoms with van der Waals surface area (Å²) in [7, 11) is 0. The van der Waals surface area contributed by atoms with E-state index in [1.54, 1.807) is 24.4 Å². The van der Waals surface area contributed by atoms with E-state index in [0.717, 1.165) is 17.0 Å². The maximum Gasteiger partial charge on any atom is 0.276 e. The summed E-state index contributed by atoms with van der Waals surface area (Å²) in [6.45, 7) is 4.05. The standard InChI is InChI=1S/C12H13N3OS/c1-3-9-8(2)17-12(14-9)15-11(16)10-6-4-5-7-13-10/h4-7H,3H2,1-2H3,(H,14,15,16). The fourth-order valence-corrected chi connectivity index (χ4v) is 2.37. The van der Waals surface area contributed by atoms with Gasteiger partial charge in [0.2, 0.25) is 0 Å². The first-order valence-electron chi connectivity index (χ1n) is 5.39. The first kappa shape index (κ1) is 11.7. The third-order valence-electron chi connectivity index (χ3n) is 2.35. The fraction of sp³-hybridized carbons (Fsp3) is 0.250. The number of carbonyl (C=O) groups excluding carboxylic acids is 1.